The average molecular weight is 511 g/mol. The zero-order chi connectivity index (χ0) is 26.9. The van der Waals surface area contributed by atoms with Crippen LogP contribution >= 0.6 is 0 Å². The number of hydrogen-bond acceptors (Lipinski definition) is 6. The van der Waals surface area contributed by atoms with E-state index in [0.29, 0.717) is 34.9 Å². The predicted octanol–water partition coefficient (Wildman–Crippen LogP) is 5.05. The van der Waals surface area contributed by atoms with Crippen molar-refractivity contribution in [3.63, 3.8) is 0 Å². The highest BCUT2D eigenvalue weighted by molar-refractivity contribution is 5.98. The molecule has 0 fully saturated rings. The number of pyridine rings is 1. The van der Waals surface area contributed by atoms with E-state index in [4.69, 9.17) is 9.72 Å². The Kier molecular flexibility index (Phi) is 6.59. The summed E-state index contributed by atoms with van der Waals surface area (Å²) in [5, 5.41) is 13.8. The number of nitrogens with one attached hydrogen (secondary N) is 2. The Labute approximate surface area is 220 Å². The monoisotopic (exact) mass is 510 g/mol. The van der Waals surface area contributed by atoms with Gasteiger partial charge in [-0.3, -0.25) is 4.79 Å². The maximum Gasteiger partial charge on any atom is 0.251 e. The van der Waals surface area contributed by atoms with Gasteiger partial charge in [-0.1, -0.05) is 26.8 Å². The van der Waals surface area contributed by atoms with Gasteiger partial charge >= 0.3 is 0 Å². The van der Waals surface area contributed by atoms with Crippen molar-refractivity contribution in [2.24, 2.45) is 5.41 Å². The third-order valence-corrected chi connectivity index (χ3v) is 6.58. The van der Waals surface area contributed by atoms with Crippen LogP contribution in [0.15, 0.2) is 73.4 Å². The molecule has 1 atom stereocenters. The SMILES string of the molecule is COc1ncccc1-c1ccc(O)c(-c2nc3cc(C(=O)NC(Cn4ccnc4)C(C)(C)C)ccc3[nH]2)c1. The molecule has 1 amide bonds. The summed E-state index contributed by atoms with van der Waals surface area (Å²) >= 11 is 0. The Morgan fingerprint density at radius 1 is 1.13 bits per heavy atom. The number of nitrogens with zero attached hydrogens (tertiary/aromatic N) is 4. The molecule has 0 aliphatic rings. The number of methoxy groups -OCH3 is 1. The summed E-state index contributed by atoms with van der Waals surface area (Å²) < 4.78 is 7.36. The first-order chi connectivity index (χ1) is 18.2. The van der Waals surface area contributed by atoms with Crippen LogP contribution < -0.4 is 10.1 Å². The van der Waals surface area contributed by atoms with E-state index in [1.54, 1.807) is 50.1 Å². The zero-order valence-corrected chi connectivity index (χ0v) is 21.8. The number of benzene rings is 2. The lowest BCUT2D eigenvalue weighted by atomic mass is 9.86. The summed E-state index contributed by atoms with van der Waals surface area (Å²) in [7, 11) is 1.57. The minimum atomic E-state index is -0.176. The summed E-state index contributed by atoms with van der Waals surface area (Å²) in [5.74, 6) is 0.893. The van der Waals surface area contributed by atoms with Gasteiger partial charge in [0.2, 0.25) is 5.88 Å². The van der Waals surface area contributed by atoms with Crippen LogP contribution in [0.25, 0.3) is 33.5 Å². The van der Waals surface area contributed by atoms with Crippen LogP contribution in [-0.2, 0) is 6.54 Å². The number of imidazole rings is 2. The van der Waals surface area contributed by atoms with Crippen molar-refractivity contribution in [3.8, 4) is 34.1 Å². The normalized spacial score (nSPS) is 12.4. The van der Waals surface area contributed by atoms with Gasteiger partial charge in [0, 0.05) is 36.3 Å². The van der Waals surface area contributed by atoms with Crippen LogP contribution in [0.2, 0.25) is 0 Å². The number of H-pyrrole nitrogens is 1. The number of aromatic hydroxyl groups is 1. The number of fused-ring (bicyclic) bond motifs is 1. The highest BCUT2D eigenvalue weighted by Gasteiger charge is 2.27. The number of ether oxygens (including phenoxy) is 1. The number of aromatic amines is 1. The maximum absolute atomic E-state index is 13.2. The Hall–Kier alpha value is -4.66. The van der Waals surface area contributed by atoms with Crippen LogP contribution in [-0.4, -0.2) is 48.7 Å². The zero-order valence-electron chi connectivity index (χ0n) is 21.8. The van der Waals surface area contributed by atoms with Gasteiger partial charge < -0.3 is 24.7 Å². The van der Waals surface area contributed by atoms with Crippen LogP contribution in [0.1, 0.15) is 31.1 Å². The molecule has 5 aromatic rings. The van der Waals surface area contributed by atoms with Gasteiger partial charge in [-0.2, -0.15) is 0 Å². The summed E-state index contributed by atoms with van der Waals surface area (Å²) in [6, 6.07) is 14.2. The minimum Gasteiger partial charge on any atom is -0.507 e. The van der Waals surface area contributed by atoms with Gasteiger partial charge in [0.05, 0.1) is 36.1 Å². The van der Waals surface area contributed by atoms with Crippen molar-refractivity contribution in [2.75, 3.05) is 7.11 Å². The fraction of sp³-hybridized carbons (Fsp3) is 0.241. The van der Waals surface area contributed by atoms with E-state index in [2.05, 4.69) is 41.0 Å². The van der Waals surface area contributed by atoms with Crippen LogP contribution in [0.4, 0.5) is 0 Å². The molecule has 3 aromatic heterocycles. The Morgan fingerprint density at radius 3 is 2.71 bits per heavy atom. The summed E-state index contributed by atoms with van der Waals surface area (Å²) in [4.78, 5) is 29.6. The van der Waals surface area contributed by atoms with E-state index in [0.717, 1.165) is 16.6 Å². The van der Waals surface area contributed by atoms with E-state index >= 15 is 0 Å². The minimum absolute atomic E-state index is 0.0844. The van der Waals surface area contributed by atoms with Gasteiger partial charge in [-0.15, -0.1) is 0 Å². The first-order valence-electron chi connectivity index (χ1n) is 12.3. The number of phenolic OH excluding ortho intramolecular Hbond substituents is 1. The van der Waals surface area contributed by atoms with Crippen molar-refractivity contribution >= 4 is 16.9 Å². The van der Waals surface area contributed by atoms with Gasteiger partial charge in [0.15, 0.2) is 0 Å². The highest BCUT2D eigenvalue weighted by atomic mass is 16.5. The number of carbonyl (C=O) groups excluding carboxylic acids is 1. The molecule has 3 N–H and O–H groups in total. The molecule has 38 heavy (non-hydrogen) atoms. The molecule has 2 aromatic carbocycles. The van der Waals surface area contributed by atoms with E-state index in [1.807, 2.05) is 35.0 Å². The second-order valence-electron chi connectivity index (χ2n) is 10.3. The first-order valence-corrected chi connectivity index (χ1v) is 12.3. The third-order valence-electron chi connectivity index (χ3n) is 6.58. The number of carbonyl (C=O) groups is 1. The highest BCUT2D eigenvalue weighted by Crippen LogP contribution is 2.35. The molecular weight excluding hydrogens is 480 g/mol. The van der Waals surface area contributed by atoms with Crippen LogP contribution in [0.5, 0.6) is 11.6 Å². The number of rotatable bonds is 7. The molecule has 0 saturated carbocycles. The fourth-order valence-corrected chi connectivity index (χ4v) is 4.32. The molecular formula is C29H30N6O3. The molecule has 0 bridgehead atoms. The number of hydrogen-bond donors (Lipinski definition) is 3. The van der Waals surface area contributed by atoms with Crippen LogP contribution in [0.3, 0.4) is 0 Å². The molecule has 5 rings (SSSR count). The number of aromatic nitrogens is 5. The van der Waals surface area contributed by atoms with Gasteiger partial charge in [0.1, 0.15) is 11.6 Å². The lowest BCUT2D eigenvalue weighted by Gasteiger charge is -2.31. The molecule has 194 valence electrons. The Morgan fingerprint density at radius 2 is 1.97 bits per heavy atom. The molecule has 1 unspecified atom stereocenters. The lowest BCUT2D eigenvalue weighted by molar-refractivity contribution is 0.0892. The number of amides is 1. The van der Waals surface area contributed by atoms with E-state index in [1.165, 1.54) is 0 Å². The fourth-order valence-electron chi connectivity index (χ4n) is 4.32. The molecule has 0 saturated heterocycles. The van der Waals surface area contributed by atoms with Crippen molar-refractivity contribution in [1.82, 2.24) is 29.8 Å². The maximum atomic E-state index is 13.2. The largest absolute Gasteiger partial charge is 0.507 e. The number of phenols is 1. The van der Waals surface area contributed by atoms with Crippen molar-refractivity contribution in [2.45, 2.75) is 33.4 Å². The molecule has 0 aliphatic heterocycles. The summed E-state index contributed by atoms with van der Waals surface area (Å²) in [5.41, 5.74) is 3.88. The Bertz CT molecular complexity index is 1580. The molecule has 0 spiro atoms. The van der Waals surface area contributed by atoms with E-state index in [9.17, 15) is 9.90 Å². The molecule has 9 nitrogen and oxygen atoms in total. The smallest absolute Gasteiger partial charge is 0.251 e. The van der Waals surface area contributed by atoms with Gasteiger partial charge in [-0.25, -0.2) is 15.0 Å². The van der Waals surface area contributed by atoms with Gasteiger partial charge in [-0.05, 0) is 53.4 Å². The summed E-state index contributed by atoms with van der Waals surface area (Å²) in [6.07, 6.45) is 7.03. The second kappa shape index (κ2) is 10.0. The lowest BCUT2D eigenvalue weighted by Crippen LogP contribution is -2.46. The predicted molar refractivity (Wildman–Crippen MR) is 146 cm³/mol. The third kappa shape index (κ3) is 5.08. The molecule has 0 aliphatic carbocycles. The molecule has 3 heterocycles. The van der Waals surface area contributed by atoms with Crippen molar-refractivity contribution < 1.29 is 14.6 Å². The molecule has 9 heteroatoms. The summed E-state index contributed by atoms with van der Waals surface area (Å²) in [6.45, 7) is 6.90. The standard InChI is InChI=1S/C29H30N6O3/c1-29(2,3)25(16-35-13-12-30-17-35)34-27(37)19-7-9-22-23(15-19)33-26(32-22)21-14-18(8-10-24(21)36)20-6-5-11-31-28(20)38-4/h5-15,17,25,36H,16H2,1-4H3,(H,32,33)(H,34,37). The van der Waals surface area contributed by atoms with Crippen LogP contribution in [0, 0.1) is 5.41 Å². The average Bonchev–Trinajstić information content (AvgIpc) is 3.57. The van der Waals surface area contributed by atoms with E-state index in [-0.39, 0.29) is 23.1 Å². The van der Waals surface area contributed by atoms with E-state index < -0.39 is 0 Å². The van der Waals surface area contributed by atoms with Crippen molar-refractivity contribution in [3.05, 3.63) is 79.0 Å². The van der Waals surface area contributed by atoms with Crippen molar-refractivity contribution in [1.29, 1.82) is 0 Å². The Balaban J connectivity index is 1.43. The first kappa shape index (κ1) is 25.0. The second-order valence-corrected chi connectivity index (χ2v) is 10.3. The molecule has 0 radical (unpaired) electrons. The topological polar surface area (TPSA) is 118 Å². The quantitative estimate of drug-likeness (QED) is 0.282. The van der Waals surface area contributed by atoms with Gasteiger partial charge in [0.25, 0.3) is 5.91 Å².